The lowest BCUT2D eigenvalue weighted by molar-refractivity contribution is -1.21. The Labute approximate surface area is 171 Å². The molecule has 30 heavy (non-hydrogen) atoms. The molecule has 0 amide bonds. The van der Waals surface area contributed by atoms with Crippen LogP contribution in [0.3, 0.4) is 0 Å². The fourth-order valence-corrected chi connectivity index (χ4v) is 3.19. The summed E-state index contributed by atoms with van der Waals surface area (Å²) in [7, 11) is 0. The number of dihydropyridines is 1. The monoisotopic (exact) mass is 428 g/mol. The van der Waals surface area contributed by atoms with Gasteiger partial charge in [-0.25, -0.2) is 15.2 Å². The zero-order valence-electron chi connectivity index (χ0n) is 16.3. The highest BCUT2D eigenvalue weighted by molar-refractivity contribution is 5.92. The number of rotatable bonds is 9. The quantitative estimate of drug-likeness (QED) is 0.128. The number of carbonyl (C=O) groups is 1. The highest BCUT2D eigenvalue weighted by Crippen LogP contribution is 2.36. The van der Waals surface area contributed by atoms with Crippen LogP contribution in [0.4, 0.5) is 5.69 Å². The molecule has 4 unspecified atom stereocenters. The molecular weight excluding hydrogens is 404 g/mol. The summed E-state index contributed by atoms with van der Waals surface area (Å²) < 4.78 is 5.18. The Bertz CT molecular complexity index is 823. The highest BCUT2D eigenvalue weighted by Gasteiger charge is 2.38. The van der Waals surface area contributed by atoms with Gasteiger partial charge in [0.15, 0.2) is 11.4 Å². The van der Waals surface area contributed by atoms with Crippen molar-refractivity contribution >= 4 is 11.7 Å². The van der Waals surface area contributed by atoms with Crippen molar-refractivity contribution in [2.75, 3.05) is 13.2 Å². The van der Waals surface area contributed by atoms with Crippen LogP contribution in [-0.4, -0.2) is 34.8 Å². The van der Waals surface area contributed by atoms with Gasteiger partial charge in [0.25, 0.3) is 0 Å². The lowest BCUT2D eigenvalue weighted by atomic mass is 9.84. The molecule has 1 aliphatic heterocycles. The van der Waals surface area contributed by atoms with Crippen molar-refractivity contribution in [1.29, 1.82) is 0 Å². The van der Waals surface area contributed by atoms with Crippen LogP contribution < -0.4 is 21.2 Å². The van der Waals surface area contributed by atoms with Gasteiger partial charge >= 0.3 is 5.97 Å². The first-order chi connectivity index (χ1) is 14.1. The third-order valence-corrected chi connectivity index (χ3v) is 4.42. The first kappa shape index (κ1) is 23.8. The molecule has 4 atom stereocenters. The number of quaternary nitrogens is 3. The molecule has 1 aromatic rings. The average Bonchev–Trinajstić information content (AvgIpc) is 2.66. The maximum absolute atomic E-state index is 12.8. The fourth-order valence-electron chi connectivity index (χ4n) is 3.19. The molecule has 0 spiro atoms. The summed E-state index contributed by atoms with van der Waals surface area (Å²) in [6, 6.07) is 5.69. The first-order valence-corrected chi connectivity index (χ1v) is 8.91. The van der Waals surface area contributed by atoms with E-state index < -0.39 is 27.7 Å². The van der Waals surface area contributed by atoms with Crippen LogP contribution in [0.2, 0.25) is 0 Å². The SMILES string of the molecule is CC1=C(C(=O)OCCCO[NH+]([O-])O)C(c2cccc([NH+]([O-])O)c2)C([NH+]([O-])O)=C(C)N1. The van der Waals surface area contributed by atoms with E-state index in [0.717, 1.165) is 0 Å². The number of hydrogen-bond donors (Lipinski definition) is 7. The van der Waals surface area contributed by atoms with E-state index in [4.69, 9.17) is 9.94 Å². The number of carbonyl (C=O) groups excluding carboxylic acids is 1. The molecule has 7 N–H and O–H groups in total. The Hall–Kier alpha value is -2.43. The minimum atomic E-state index is -1.44. The van der Waals surface area contributed by atoms with Crippen molar-refractivity contribution in [3.8, 4) is 0 Å². The maximum atomic E-state index is 12.8. The lowest BCUT2D eigenvalue weighted by Crippen LogP contribution is -3.03. The number of benzene rings is 1. The predicted octanol–water partition coefficient (Wildman–Crippen LogP) is -2.31. The molecule has 13 nitrogen and oxygen atoms in total. The van der Waals surface area contributed by atoms with Gasteiger partial charge in [-0.05, 0) is 19.4 Å². The third-order valence-electron chi connectivity index (χ3n) is 4.42. The average molecular weight is 428 g/mol. The minimum Gasteiger partial charge on any atom is -0.595 e. The van der Waals surface area contributed by atoms with Gasteiger partial charge in [-0.15, -0.1) is 0 Å². The summed E-state index contributed by atoms with van der Waals surface area (Å²) in [5.74, 6) is -1.85. The largest absolute Gasteiger partial charge is 0.595 e. The Morgan fingerprint density at radius 3 is 2.40 bits per heavy atom. The minimum absolute atomic E-state index is 0.0275. The molecule has 0 fully saturated rings. The van der Waals surface area contributed by atoms with E-state index in [-0.39, 0.29) is 36.6 Å². The number of allylic oxidation sites excluding steroid dienone is 3. The Morgan fingerprint density at radius 2 is 1.80 bits per heavy atom. The highest BCUT2D eigenvalue weighted by atomic mass is 17.1. The fraction of sp³-hybridized carbons (Fsp3) is 0.353. The van der Waals surface area contributed by atoms with Gasteiger partial charge < -0.3 is 25.7 Å². The molecule has 1 aliphatic rings. The normalized spacial score (nSPS) is 19.9. The summed E-state index contributed by atoms with van der Waals surface area (Å²) in [6.45, 7) is 2.82. The van der Waals surface area contributed by atoms with Crippen molar-refractivity contribution in [2.45, 2.75) is 26.2 Å². The predicted molar refractivity (Wildman–Crippen MR) is 97.3 cm³/mol. The summed E-state index contributed by atoms with van der Waals surface area (Å²) in [4.78, 5) is 17.1. The zero-order chi connectivity index (χ0) is 22.4. The Kier molecular flexibility index (Phi) is 8.39. The molecule has 0 radical (unpaired) electrons. The molecular formula is C17H24N4O9. The van der Waals surface area contributed by atoms with E-state index in [2.05, 4.69) is 10.2 Å². The van der Waals surface area contributed by atoms with Gasteiger partial charge in [-0.3, -0.25) is 0 Å². The van der Waals surface area contributed by atoms with E-state index in [0.29, 0.717) is 17.0 Å². The number of hydroxylamine groups is 2. The number of nitrogens with one attached hydrogen (secondary N) is 4. The van der Waals surface area contributed by atoms with Gasteiger partial charge in [-0.2, -0.15) is 20.5 Å². The molecule has 0 aliphatic carbocycles. The second-order valence-corrected chi connectivity index (χ2v) is 6.47. The van der Waals surface area contributed by atoms with E-state index in [1.165, 1.54) is 18.2 Å². The molecule has 166 valence electrons. The molecule has 0 bridgehead atoms. The molecule has 1 aromatic carbocycles. The number of esters is 1. The Morgan fingerprint density at radius 1 is 1.10 bits per heavy atom. The summed E-state index contributed by atoms with van der Waals surface area (Å²) in [6.07, 6.45) is 0.123. The van der Waals surface area contributed by atoms with Crippen LogP contribution in [0.1, 0.15) is 31.7 Å². The molecule has 13 heteroatoms. The van der Waals surface area contributed by atoms with Crippen LogP contribution in [-0.2, 0) is 14.4 Å². The topological polar surface area (TPSA) is 191 Å². The molecule has 0 saturated heterocycles. The van der Waals surface area contributed by atoms with Crippen LogP contribution in [0.25, 0.3) is 0 Å². The van der Waals surface area contributed by atoms with Gasteiger partial charge in [0.05, 0.1) is 23.8 Å². The van der Waals surface area contributed by atoms with Crippen LogP contribution in [0.5, 0.6) is 0 Å². The van der Waals surface area contributed by atoms with Crippen molar-refractivity contribution in [3.63, 3.8) is 0 Å². The van der Waals surface area contributed by atoms with Crippen LogP contribution in [0, 0.1) is 15.6 Å². The number of hydrogen-bond acceptors (Lipinski definition) is 10. The molecule has 0 aromatic heterocycles. The van der Waals surface area contributed by atoms with Crippen molar-refractivity contribution in [1.82, 2.24) is 5.32 Å². The van der Waals surface area contributed by atoms with E-state index in [1.54, 1.807) is 19.9 Å². The summed E-state index contributed by atoms with van der Waals surface area (Å²) in [5, 5.41) is 60.0. The van der Waals surface area contributed by atoms with E-state index >= 15 is 0 Å². The lowest BCUT2D eigenvalue weighted by Gasteiger charge is -2.32. The summed E-state index contributed by atoms with van der Waals surface area (Å²) >= 11 is 0. The second kappa shape index (κ2) is 10.6. The third kappa shape index (κ3) is 5.80. The maximum Gasteiger partial charge on any atom is 0.336 e. The van der Waals surface area contributed by atoms with Gasteiger partial charge in [0.1, 0.15) is 6.61 Å². The number of ether oxygens (including phenoxy) is 1. The van der Waals surface area contributed by atoms with E-state index in [9.17, 15) is 30.8 Å². The van der Waals surface area contributed by atoms with Crippen molar-refractivity contribution in [3.05, 3.63) is 68.1 Å². The van der Waals surface area contributed by atoms with Crippen molar-refractivity contribution in [2.24, 2.45) is 0 Å². The molecule has 2 rings (SSSR count). The smallest absolute Gasteiger partial charge is 0.336 e. The molecule has 1 heterocycles. The first-order valence-electron chi connectivity index (χ1n) is 8.91. The molecule has 0 saturated carbocycles. The van der Waals surface area contributed by atoms with Gasteiger partial charge in [0, 0.05) is 24.3 Å². The van der Waals surface area contributed by atoms with Crippen LogP contribution >= 0.6 is 0 Å². The van der Waals surface area contributed by atoms with Crippen LogP contribution in [0.15, 0.2) is 46.9 Å². The van der Waals surface area contributed by atoms with Gasteiger partial charge in [-0.1, -0.05) is 17.5 Å². The second-order valence-electron chi connectivity index (χ2n) is 6.47. The zero-order valence-corrected chi connectivity index (χ0v) is 16.3. The Balaban J connectivity index is 2.35. The summed E-state index contributed by atoms with van der Waals surface area (Å²) in [5.41, 5.74) is 0.870. The standard InChI is InChI=1S/C17H24N4O9/c1-10-14(17(22)29-7-4-8-30-21(27)28)15(16(20(25)26)11(2)18-10)12-5-3-6-13(9-12)19(23)24/h3,5-6,9,15,18-21,23,25,27H,4,7-8H2,1-2H3. The van der Waals surface area contributed by atoms with Gasteiger partial charge in [0.2, 0.25) is 0 Å². The van der Waals surface area contributed by atoms with E-state index in [1.807, 2.05) is 0 Å². The van der Waals surface area contributed by atoms with Crippen molar-refractivity contribution < 1.29 is 45.8 Å².